The Morgan fingerprint density at radius 1 is 1.40 bits per heavy atom. The number of rotatable bonds is 5. The smallest absolute Gasteiger partial charge is 0.246 e. The third kappa shape index (κ3) is 3.16. The van der Waals surface area contributed by atoms with Crippen molar-refractivity contribution in [2.45, 2.75) is 30.7 Å². The van der Waals surface area contributed by atoms with Gasteiger partial charge in [-0.25, -0.2) is 17.2 Å². The number of nitrogens with zero attached hydrogens (tertiary/aromatic N) is 1. The molecule has 1 N–H and O–H groups in total. The van der Waals surface area contributed by atoms with Crippen molar-refractivity contribution in [3.8, 4) is 0 Å². The fraction of sp³-hybridized carbons (Fsp3) is 0.538. The van der Waals surface area contributed by atoms with Gasteiger partial charge in [-0.05, 0) is 37.6 Å². The highest BCUT2D eigenvalue weighted by Crippen LogP contribution is 2.21. The van der Waals surface area contributed by atoms with Gasteiger partial charge in [0.1, 0.15) is 16.5 Å². The molecule has 1 fully saturated rings. The van der Waals surface area contributed by atoms with Gasteiger partial charge >= 0.3 is 0 Å². The van der Waals surface area contributed by atoms with Crippen LogP contribution in [0.4, 0.5) is 8.78 Å². The van der Waals surface area contributed by atoms with Gasteiger partial charge < -0.3 is 5.32 Å². The van der Waals surface area contributed by atoms with E-state index in [-0.39, 0.29) is 19.1 Å². The first-order valence-electron chi connectivity index (χ1n) is 6.63. The molecule has 1 aromatic rings. The van der Waals surface area contributed by atoms with Crippen LogP contribution in [0.2, 0.25) is 0 Å². The summed E-state index contributed by atoms with van der Waals surface area (Å²) in [6, 6.07) is 2.55. The van der Waals surface area contributed by atoms with Crippen LogP contribution in [0.5, 0.6) is 0 Å². The number of sulfonamides is 1. The molecule has 1 aliphatic heterocycles. The van der Waals surface area contributed by atoms with E-state index >= 15 is 0 Å². The molecule has 7 heteroatoms. The van der Waals surface area contributed by atoms with Crippen molar-refractivity contribution in [2.75, 3.05) is 19.6 Å². The highest BCUT2D eigenvalue weighted by atomic mass is 32.2. The first-order valence-corrected chi connectivity index (χ1v) is 8.07. The number of hydrogen-bond donors (Lipinski definition) is 1. The minimum Gasteiger partial charge on any atom is -0.313 e. The lowest BCUT2D eigenvalue weighted by molar-refractivity contribution is 0.380. The molecule has 1 aliphatic rings. The van der Waals surface area contributed by atoms with Crippen LogP contribution in [-0.2, 0) is 10.0 Å². The minimum atomic E-state index is -4.01. The van der Waals surface area contributed by atoms with Crippen LogP contribution in [-0.4, -0.2) is 38.4 Å². The summed E-state index contributed by atoms with van der Waals surface area (Å²) < 4.78 is 52.9. The van der Waals surface area contributed by atoms with Crippen LogP contribution in [0.1, 0.15) is 19.8 Å². The fourth-order valence-corrected chi connectivity index (χ4v) is 3.94. The van der Waals surface area contributed by atoms with E-state index in [9.17, 15) is 17.2 Å². The Morgan fingerprint density at radius 3 is 2.75 bits per heavy atom. The Balaban J connectivity index is 2.28. The number of benzene rings is 1. The van der Waals surface area contributed by atoms with Crippen molar-refractivity contribution in [2.24, 2.45) is 0 Å². The van der Waals surface area contributed by atoms with Crippen molar-refractivity contribution >= 4 is 10.0 Å². The van der Waals surface area contributed by atoms with Gasteiger partial charge in [0.15, 0.2) is 0 Å². The number of likely N-dealkylation sites (N-methyl/N-ethyl adjacent to an activating group) is 1. The molecule has 0 aromatic heterocycles. The van der Waals surface area contributed by atoms with E-state index in [2.05, 4.69) is 5.32 Å². The lowest BCUT2D eigenvalue weighted by atomic mass is 10.2. The zero-order valence-corrected chi connectivity index (χ0v) is 12.1. The summed E-state index contributed by atoms with van der Waals surface area (Å²) in [7, 11) is -4.01. The van der Waals surface area contributed by atoms with Gasteiger partial charge in [0.2, 0.25) is 10.0 Å². The number of nitrogens with one attached hydrogen (secondary N) is 1. The van der Waals surface area contributed by atoms with E-state index in [1.165, 1.54) is 4.31 Å². The van der Waals surface area contributed by atoms with Gasteiger partial charge in [-0.3, -0.25) is 0 Å². The number of hydrogen-bond acceptors (Lipinski definition) is 3. The van der Waals surface area contributed by atoms with E-state index < -0.39 is 26.6 Å². The second-order valence-electron chi connectivity index (χ2n) is 4.82. The fourth-order valence-electron chi connectivity index (χ4n) is 2.37. The standard InChI is InChI=1S/C13H18F2N2O2S/c1-2-17(9-11-4-3-7-16-11)20(18,19)13-8-10(14)5-6-12(13)15/h5-6,8,11,16H,2-4,7,9H2,1H3. The molecular weight excluding hydrogens is 286 g/mol. The zero-order chi connectivity index (χ0) is 14.8. The van der Waals surface area contributed by atoms with E-state index in [4.69, 9.17) is 0 Å². The van der Waals surface area contributed by atoms with E-state index in [0.29, 0.717) is 0 Å². The summed E-state index contributed by atoms with van der Waals surface area (Å²) >= 11 is 0. The minimum absolute atomic E-state index is 0.0707. The van der Waals surface area contributed by atoms with E-state index in [1.807, 2.05) is 0 Å². The average Bonchev–Trinajstić information content (AvgIpc) is 2.91. The molecule has 0 bridgehead atoms. The van der Waals surface area contributed by atoms with Crippen LogP contribution in [0.25, 0.3) is 0 Å². The Morgan fingerprint density at radius 2 is 2.15 bits per heavy atom. The molecule has 1 atom stereocenters. The summed E-state index contributed by atoms with van der Waals surface area (Å²) in [6.45, 7) is 3.03. The molecule has 1 aromatic carbocycles. The maximum atomic E-state index is 13.7. The molecule has 0 radical (unpaired) electrons. The maximum absolute atomic E-state index is 13.7. The van der Waals surface area contributed by atoms with Crippen LogP contribution in [0, 0.1) is 11.6 Å². The van der Waals surface area contributed by atoms with Gasteiger partial charge in [-0.1, -0.05) is 6.92 Å². The highest BCUT2D eigenvalue weighted by Gasteiger charge is 2.29. The van der Waals surface area contributed by atoms with E-state index in [0.717, 1.165) is 37.6 Å². The first-order chi connectivity index (χ1) is 9.45. The van der Waals surface area contributed by atoms with Crippen molar-refractivity contribution < 1.29 is 17.2 Å². The second-order valence-corrected chi connectivity index (χ2v) is 6.73. The normalized spacial score (nSPS) is 19.7. The van der Waals surface area contributed by atoms with Gasteiger partial charge in [-0.15, -0.1) is 0 Å². The zero-order valence-electron chi connectivity index (χ0n) is 11.3. The van der Waals surface area contributed by atoms with Crippen LogP contribution in [0.15, 0.2) is 23.1 Å². The molecule has 20 heavy (non-hydrogen) atoms. The Bertz CT molecular complexity index is 572. The molecule has 1 unspecified atom stereocenters. The summed E-state index contributed by atoms with van der Waals surface area (Å²) in [5.74, 6) is -1.69. The molecule has 2 rings (SSSR count). The lowest BCUT2D eigenvalue weighted by Crippen LogP contribution is -2.41. The van der Waals surface area contributed by atoms with Crippen molar-refractivity contribution in [3.63, 3.8) is 0 Å². The SMILES string of the molecule is CCN(CC1CCCN1)S(=O)(=O)c1cc(F)ccc1F. The maximum Gasteiger partial charge on any atom is 0.246 e. The van der Waals surface area contributed by atoms with Gasteiger partial charge in [0.05, 0.1) is 0 Å². The molecule has 0 spiro atoms. The molecule has 0 aliphatic carbocycles. The topological polar surface area (TPSA) is 49.4 Å². The summed E-state index contributed by atoms with van der Waals surface area (Å²) in [5, 5.41) is 3.20. The molecule has 1 saturated heterocycles. The summed E-state index contributed by atoms with van der Waals surface area (Å²) in [6.07, 6.45) is 1.88. The molecule has 0 saturated carbocycles. The monoisotopic (exact) mass is 304 g/mol. The van der Waals surface area contributed by atoms with Crippen molar-refractivity contribution in [3.05, 3.63) is 29.8 Å². The quantitative estimate of drug-likeness (QED) is 0.901. The van der Waals surface area contributed by atoms with Crippen LogP contribution < -0.4 is 5.32 Å². The van der Waals surface area contributed by atoms with Crippen LogP contribution in [0.3, 0.4) is 0 Å². The first kappa shape index (κ1) is 15.3. The van der Waals surface area contributed by atoms with E-state index in [1.54, 1.807) is 6.92 Å². The molecule has 0 amide bonds. The number of halogens is 2. The molecule has 112 valence electrons. The summed E-state index contributed by atoms with van der Waals surface area (Å²) in [5.41, 5.74) is 0. The molecule has 4 nitrogen and oxygen atoms in total. The predicted molar refractivity (Wildman–Crippen MR) is 71.8 cm³/mol. The van der Waals surface area contributed by atoms with Crippen molar-refractivity contribution in [1.82, 2.24) is 9.62 Å². The van der Waals surface area contributed by atoms with Gasteiger partial charge in [0, 0.05) is 19.1 Å². The predicted octanol–water partition coefficient (Wildman–Crippen LogP) is 1.73. The van der Waals surface area contributed by atoms with Gasteiger partial charge in [-0.2, -0.15) is 4.31 Å². The third-order valence-corrected chi connectivity index (χ3v) is 5.41. The lowest BCUT2D eigenvalue weighted by Gasteiger charge is -2.24. The Hall–Kier alpha value is -1.05. The largest absolute Gasteiger partial charge is 0.313 e. The Kier molecular flexibility index (Phi) is 4.72. The van der Waals surface area contributed by atoms with Crippen LogP contribution >= 0.6 is 0 Å². The highest BCUT2D eigenvalue weighted by molar-refractivity contribution is 7.89. The average molecular weight is 304 g/mol. The van der Waals surface area contributed by atoms with Crippen molar-refractivity contribution in [1.29, 1.82) is 0 Å². The van der Waals surface area contributed by atoms with Gasteiger partial charge in [0.25, 0.3) is 0 Å². The molecular formula is C13H18F2N2O2S. The molecule has 1 heterocycles. The Labute approximate surface area is 117 Å². The third-order valence-electron chi connectivity index (χ3n) is 3.45. The second kappa shape index (κ2) is 6.15. The summed E-state index contributed by atoms with van der Waals surface area (Å²) in [4.78, 5) is -0.600.